The Bertz CT molecular complexity index is 578. The summed E-state index contributed by atoms with van der Waals surface area (Å²) in [5, 5.41) is 0. The van der Waals surface area contributed by atoms with Gasteiger partial charge in [0.2, 0.25) is 0 Å². The number of carbonyl (C=O) groups is 1. The maximum atomic E-state index is 10.0. The Balaban J connectivity index is 0.000000260. The zero-order valence-electron chi connectivity index (χ0n) is 16.3. The molecular formula is C20H32N2O4. The third-order valence-electron chi connectivity index (χ3n) is 4.15. The molecule has 0 atom stereocenters. The third-order valence-corrected chi connectivity index (χ3v) is 4.15. The highest BCUT2D eigenvalue weighted by Crippen LogP contribution is 2.31. The molecule has 1 amide bonds. The lowest BCUT2D eigenvalue weighted by Crippen LogP contribution is -2.27. The van der Waals surface area contributed by atoms with Crippen LogP contribution in [-0.4, -0.2) is 49.4 Å². The molecular weight excluding hydrogens is 332 g/mol. The number of likely N-dealkylation sites (tertiary alicyclic amines) is 1. The van der Waals surface area contributed by atoms with Crippen molar-refractivity contribution in [2.24, 2.45) is 5.73 Å². The molecule has 6 heteroatoms. The second kappa shape index (κ2) is 9.67. The number of nitrogens with two attached hydrogens (primary N) is 1. The van der Waals surface area contributed by atoms with E-state index in [-0.39, 0.29) is 0 Å². The van der Waals surface area contributed by atoms with Crippen LogP contribution in [0.5, 0.6) is 11.5 Å². The van der Waals surface area contributed by atoms with E-state index in [1.54, 1.807) is 20.8 Å². The van der Waals surface area contributed by atoms with Gasteiger partial charge in [-0.3, -0.25) is 0 Å². The van der Waals surface area contributed by atoms with Crippen molar-refractivity contribution >= 4 is 6.09 Å². The van der Waals surface area contributed by atoms with Crippen molar-refractivity contribution < 1.29 is 19.0 Å². The molecule has 0 aliphatic carbocycles. The molecule has 6 nitrogen and oxygen atoms in total. The number of aryl methyl sites for hydroxylation is 1. The average Bonchev–Trinajstić information content (AvgIpc) is 3.06. The van der Waals surface area contributed by atoms with Gasteiger partial charge in [-0.05, 0) is 83.8 Å². The van der Waals surface area contributed by atoms with E-state index >= 15 is 0 Å². The van der Waals surface area contributed by atoms with Crippen molar-refractivity contribution in [3.05, 3.63) is 23.8 Å². The molecule has 1 saturated heterocycles. The lowest BCUT2D eigenvalue weighted by molar-refractivity contribution is 0.0600. The molecule has 0 radical (unpaired) electrons. The minimum absolute atomic E-state index is 0.453. The minimum Gasteiger partial charge on any atom is -0.486 e. The fraction of sp³-hybridized carbons (Fsp3) is 0.650. The highest BCUT2D eigenvalue weighted by atomic mass is 16.6. The largest absolute Gasteiger partial charge is 0.486 e. The Morgan fingerprint density at radius 3 is 2.38 bits per heavy atom. The molecule has 2 aliphatic heterocycles. The number of primary amides is 1. The first-order valence-electron chi connectivity index (χ1n) is 9.43. The molecule has 0 bridgehead atoms. The standard InChI is InChI=1S/C15H21NO2.C5H11NO2/c1-2-8-16(7-1)9-3-4-13-5-6-14-15(12-13)18-11-10-17-14;1-5(2,3)8-4(6)7/h5-6,12H,1-4,7-11H2;1-3H3,(H2,6,7). The topological polar surface area (TPSA) is 74.0 Å². The zero-order valence-corrected chi connectivity index (χ0v) is 16.3. The van der Waals surface area contributed by atoms with E-state index in [0.717, 1.165) is 17.9 Å². The van der Waals surface area contributed by atoms with Crippen LogP contribution in [0.25, 0.3) is 0 Å². The Labute approximate surface area is 156 Å². The van der Waals surface area contributed by atoms with Gasteiger partial charge < -0.3 is 24.8 Å². The van der Waals surface area contributed by atoms with Gasteiger partial charge in [-0.2, -0.15) is 0 Å². The number of fused-ring (bicyclic) bond motifs is 1. The first-order valence-corrected chi connectivity index (χ1v) is 9.43. The number of benzene rings is 1. The molecule has 1 fully saturated rings. The predicted octanol–water partition coefficient (Wildman–Crippen LogP) is 3.37. The van der Waals surface area contributed by atoms with Gasteiger partial charge in [-0.1, -0.05) is 6.07 Å². The summed E-state index contributed by atoms with van der Waals surface area (Å²) < 4.78 is 15.7. The first kappa shape index (κ1) is 20.4. The predicted molar refractivity (Wildman–Crippen MR) is 102 cm³/mol. The molecule has 2 N–H and O–H groups in total. The molecule has 26 heavy (non-hydrogen) atoms. The quantitative estimate of drug-likeness (QED) is 0.887. The summed E-state index contributed by atoms with van der Waals surface area (Å²) in [6, 6.07) is 6.34. The second-order valence-corrected chi connectivity index (χ2v) is 7.66. The van der Waals surface area contributed by atoms with E-state index in [0.29, 0.717) is 13.2 Å². The van der Waals surface area contributed by atoms with Gasteiger partial charge in [0.05, 0.1) is 0 Å². The molecule has 2 aliphatic rings. The van der Waals surface area contributed by atoms with Crippen LogP contribution in [0.3, 0.4) is 0 Å². The van der Waals surface area contributed by atoms with E-state index in [9.17, 15) is 4.79 Å². The van der Waals surface area contributed by atoms with E-state index in [2.05, 4.69) is 21.8 Å². The highest BCUT2D eigenvalue weighted by Gasteiger charge is 2.13. The summed E-state index contributed by atoms with van der Waals surface area (Å²) in [5.41, 5.74) is 5.62. The average molecular weight is 364 g/mol. The second-order valence-electron chi connectivity index (χ2n) is 7.66. The molecule has 3 rings (SSSR count). The minimum atomic E-state index is -0.725. The van der Waals surface area contributed by atoms with Crippen LogP contribution < -0.4 is 15.2 Å². The van der Waals surface area contributed by atoms with Gasteiger partial charge in [-0.15, -0.1) is 0 Å². The molecule has 0 aromatic heterocycles. The van der Waals surface area contributed by atoms with E-state index < -0.39 is 11.7 Å². The Kier molecular flexibility index (Phi) is 7.57. The SMILES string of the molecule is CC(C)(C)OC(N)=O.c1cc2c(cc1CCCN1CCCC1)OCCO2. The van der Waals surface area contributed by atoms with Crippen molar-refractivity contribution in [3.63, 3.8) is 0 Å². The lowest BCUT2D eigenvalue weighted by Gasteiger charge is -2.19. The molecule has 2 heterocycles. The third kappa shape index (κ3) is 7.52. The summed E-state index contributed by atoms with van der Waals surface area (Å²) >= 11 is 0. The fourth-order valence-electron chi connectivity index (χ4n) is 3.06. The van der Waals surface area contributed by atoms with Crippen molar-refractivity contribution in [2.75, 3.05) is 32.8 Å². The molecule has 1 aromatic carbocycles. The normalized spacial score (nSPS) is 16.6. The number of nitrogens with zero attached hydrogens (tertiary/aromatic N) is 1. The van der Waals surface area contributed by atoms with Crippen LogP contribution in [0.2, 0.25) is 0 Å². The summed E-state index contributed by atoms with van der Waals surface area (Å²) in [6.45, 7) is 10.4. The Morgan fingerprint density at radius 2 is 1.81 bits per heavy atom. The van der Waals surface area contributed by atoms with Gasteiger partial charge in [0.1, 0.15) is 18.8 Å². The van der Waals surface area contributed by atoms with Gasteiger partial charge in [-0.25, -0.2) is 4.79 Å². The zero-order chi connectivity index (χ0) is 19.0. The van der Waals surface area contributed by atoms with Crippen LogP contribution >= 0.6 is 0 Å². The number of hydrogen-bond donors (Lipinski definition) is 1. The molecule has 0 saturated carbocycles. The fourth-order valence-corrected chi connectivity index (χ4v) is 3.06. The summed E-state index contributed by atoms with van der Waals surface area (Å²) in [5.74, 6) is 1.81. The van der Waals surface area contributed by atoms with Gasteiger partial charge in [0, 0.05) is 0 Å². The van der Waals surface area contributed by atoms with Crippen molar-refractivity contribution in [3.8, 4) is 11.5 Å². The van der Waals surface area contributed by atoms with Crippen LogP contribution in [-0.2, 0) is 11.2 Å². The first-order chi connectivity index (χ1) is 12.3. The van der Waals surface area contributed by atoms with Crippen LogP contribution in [0.1, 0.15) is 45.6 Å². The molecule has 0 unspecified atom stereocenters. The number of ether oxygens (including phenoxy) is 3. The highest BCUT2D eigenvalue weighted by molar-refractivity contribution is 5.65. The van der Waals surface area contributed by atoms with Crippen LogP contribution in [0, 0.1) is 0 Å². The van der Waals surface area contributed by atoms with E-state index in [1.165, 1.54) is 44.5 Å². The molecule has 146 valence electrons. The maximum Gasteiger partial charge on any atom is 0.405 e. The number of carbonyl (C=O) groups excluding carboxylic acids is 1. The lowest BCUT2D eigenvalue weighted by atomic mass is 10.1. The van der Waals surface area contributed by atoms with Crippen LogP contribution in [0.15, 0.2) is 18.2 Å². The van der Waals surface area contributed by atoms with Crippen LogP contribution in [0.4, 0.5) is 4.79 Å². The van der Waals surface area contributed by atoms with Crippen molar-refractivity contribution in [1.29, 1.82) is 0 Å². The Hall–Kier alpha value is -1.95. The number of amides is 1. The van der Waals surface area contributed by atoms with E-state index in [4.69, 9.17) is 15.2 Å². The van der Waals surface area contributed by atoms with Gasteiger partial charge >= 0.3 is 6.09 Å². The summed E-state index contributed by atoms with van der Waals surface area (Å²) in [4.78, 5) is 12.6. The van der Waals surface area contributed by atoms with E-state index in [1.807, 2.05) is 6.07 Å². The Morgan fingerprint density at radius 1 is 1.15 bits per heavy atom. The van der Waals surface area contributed by atoms with Crippen molar-refractivity contribution in [2.45, 2.75) is 52.1 Å². The molecule has 1 aromatic rings. The maximum absolute atomic E-state index is 10.0. The summed E-state index contributed by atoms with van der Waals surface area (Å²) in [7, 11) is 0. The van der Waals surface area contributed by atoms with Gasteiger partial charge in [0.15, 0.2) is 11.5 Å². The number of hydrogen-bond acceptors (Lipinski definition) is 5. The smallest absolute Gasteiger partial charge is 0.405 e. The summed E-state index contributed by atoms with van der Waals surface area (Å²) in [6.07, 6.45) is 4.40. The number of rotatable bonds is 4. The van der Waals surface area contributed by atoms with Crippen molar-refractivity contribution in [1.82, 2.24) is 4.90 Å². The monoisotopic (exact) mass is 364 g/mol. The van der Waals surface area contributed by atoms with Gasteiger partial charge in [0.25, 0.3) is 0 Å². The molecule has 0 spiro atoms.